The minimum atomic E-state index is -0.902. The van der Waals surface area contributed by atoms with Crippen molar-refractivity contribution in [1.82, 2.24) is 4.90 Å². The fourth-order valence-corrected chi connectivity index (χ4v) is 3.56. The molecule has 8 heteroatoms. The number of carboxylic acid groups (broad SMARTS) is 1. The van der Waals surface area contributed by atoms with Crippen LogP contribution in [0.4, 0.5) is 5.69 Å². The molecule has 1 aliphatic carbocycles. The highest BCUT2D eigenvalue weighted by Gasteiger charge is 2.50. The summed E-state index contributed by atoms with van der Waals surface area (Å²) in [5.41, 5.74) is 0.653. The maximum absolute atomic E-state index is 12.5. The molecule has 2 aliphatic heterocycles. The number of aliphatic carboxylic acids is 1. The lowest BCUT2D eigenvalue weighted by molar-refractivity contribution is -0.142. The third-order valence-electron chi connectivity index (χ3n) is 5.24. The predicted octanol–water partition coefficient (Wildman–Crippen LogP) is 1.31. The van der Waals surface area contributed by atoms with E-state index in [1.54, 1.807) is 23.1 Å². The summed E-state index contributed by atoms with van der Waals surface area (Å²) in [6, 6.07) is 5.26. The lowest BCUT2D eigenvalue weighted by Crippen LogP contribution is -2.42. The molecular formula is C18H20N2O6. The Morgan fingerprint density at radius 1 is 1.08 bits per heavy atom. The molecule has 2 amide bonds. The summed E-state index contributed by atoms with van der Waals surface area (Å²) in [7, 11) is 0. The topological polar surface area (TPSA) is 105 Å². The Labute approximate surface area is 150 Å². The van der Waals surface area contributed by atoms with Gasteiger partial charge in [-0.25, -0.2) is 0 Å². The number of benzene rings is 1. The second-order valence-corrected chi connectivity index (χ2v) is 6.94. The van der Waals surface area contributed by atoms with Crippen molar-refractivity contribution in [3.05, 3.63) is 18.2 Å². The van der Waals surface area contributed by atoms with Crippen LogP contribution in [0.25, 0.3) is 0 Å². The quantitative estimate of drug-likeness (QED) is 0.839. The van der Waals surface area contributed by atoms with Gasteiger partial charge in [0.1, 0.15) is 0 Å². The molecule has 0 aromatic heterocycles. The van der Waals surface area contributed by atoms with Gasteiger partial charge in [0, 0.05) is 30.8 Å². The average Bonchev–Trinajstić information content (AvgIpc) is 3.32. The number of piperidine rings is 1. The zero-order valence-electron chi connectivity index (χ0n) is 14.1. The number of hydrogen-bond donors (Lipinski definition) is 2. The van der Waals surface area contributed by atoms with Crippen molar-refractivity contribution in [2.75, 3.05) is 25.2 Å². The number of nitrogens with zero attached hydrogens (tertiary/aromatic N) is 1. The Morgan fingerprint density at radius 3 is 2.50 bits per heavy atom. The number of rotatable bonds is 4. The van der Waals surface area contributed by atoms with Crippen LogP contribution < -0.4 is 14.8 Å². The second-order valence-electron chi connectivity index (χ2n) is 6.94. The molecule has 138 valence electrons. The van der Waals surface area contributed by atoms with Gasteiger partial charge in [0.2, 0.25) is 18.6 Å². The minimum absolute atomic E-state index is 0.0780. The van der Waals surface area contributed by atoms with Gasteiger partial charge < -0.3 is 24.8 Å². The highest BCUT2D eigenvalue weighted by molar-refractivity contribution is 5.93. The molecule has 2 heterocycles. The first-order valence-electron chi connectivity index (χ1n) is 8.75. The van der Waals surface area contributed by atoms with E-state index in [1.165, 1.54) is 0 Å². The van der Waals surface area contributed by atoms with Gasteiger partial charge in [-0.1, -0.05) is 0 Å². The van der Waals surface area contributed by atoms with Crippen LogP contribution >= 0.6 is 0 Å². The van der Waals surface area contributed by atoms with Crippen molar-refractivity contribution in [1.29, 1.82) is 0 Å². The van der Waals surface area contributed by atoms with Gasteiger partial charge in [-0.3, -0.25) is 14.4 Å². The van der Waals surface area contributed by atoms with Crippen molar-refractivity contribution in [2.24, 2.45) is 17.8 Å². The first-order chi connectivity index (χ1) is 12.5. The lowest BCUT2D eigenvalue weighted by Gasteiger charge is -2.31. The normalized spacial score (nSPS) is 24.2. The van der Waals surface area contributed by atoms with Crippen LogP contribution in [0.2, 0.25) is 0 Å². The van der Waals surface area contributed by atoms with Crippen LogP contribution in [0.15, 0.2) is 18.2 Å². The van der Waals surface area contributed by atoms with Gasteiger partial charge in [-0.2, -0.15) is 0 Å². The molecule has 2 N–H and O–H groups in total. The number of anilines is 1. The van der Waals surface area contributed by atoms with Crippen molar-refractivity contribution in [3.8, 4) is 11.5 Å². The van der Waals surface area contributed by atoms with Crippen LogP contribution in [0.5, 0.6) is 11.5 Å². The number of hydrogen-bond acceptors (Lipinski definition) is 5. The second kappa shape index (κ2) is 6.51. The average molecular weight is 360 g/mol. The summed E-state index contributed by atoms with van der Waals surface area (Å²) in [4.78, 5) is 37.4. The number of fused-ring (bicyclic) bond motifs is 1. The van der Waals surface area contributed by atoms with E-state index >= 15 is 0 Å². The molecule has 2 fully saturated rings. The highest BCUT2D eigenvalue weighted by atomic mass is 16.7. The molecule has 1 saturated heterocycles. The first-order valence-corrected chi connectivity index (χ1v) is 8.75. The van der Waals surface area contributed by atoms with Crippen molar-refractivity contribution >= 4 is 23.5 Å². The Kier molecular flexibility index (Phi) is 4.18. The Bertz CT molecular complexity index is 756. The van der Waals surface area contributed by atoms with Crippen molar-refractivity contribution < 1.29 is 29.0 Å². The van der Waals surface area contributed by atoms with Crippen LogP contribution in [-0.2, 0) is 14.4 Å². The SMILES string of the molecule is O=C(Nc1ccc2c(c1)OCO2)C1CCN(C(=O)C2CC2C(=O)O)CC1. The molecule has 2 atom stereocenters. The summed E-state index contributed by atoms with van der Waals surface area (Å²) in [6.07, 6.45) is 1.58. The van der Waals surface area contributed by atoms with Gasteiger partial charge in [-0.15, -0.1) is 0 Å². The fourth-order valence-electron chi connectivity index (χ4n) is 3.56. The molecule has 0 spiro atoms. The van der Waals surface area contributed by atoms with Crippen LogP contribution in [0.3, 0.4) is 0 Å². The van der Waals surface area contributed by atoms with Gasteiger partial charge in [0.25, 0.3) is 0 Å². The molecule has 0 bridgehead atoms. The van der Waals surface area contributed by atoms with Crippen molar-refractivity contribution in [2.45, 2.75) is 19.3 Å². The largest absolute Gasteiger partial charge is 0.481 e. The van der Waals surface area contributed by atoms with E-state index in [0.29, 0.717) is 49.5 Å². The van der Waals surface area contributed by atoms with Gasteiger partial charge in [0.15, 0.2) is 11.5 Å². The summed E-state index contributed by atoms with van der Waals surface area (Å²) in [5.74, 6) is -0.880. The molecule has 3 aliphatic rings. The number of carboxylic acids is 1. The van der Waals surface area contributed by atoms with E-state index in [4.69, 9.17) is 14.6 Å². The molecule has 1 aromatic carbocycles. The van der Waals surface area contributed by atoms with E-state index in [2.05, 4.69) is 5.32 Å². The number of ether oxygens (including phenoxy) is 2. The zero-order valence-corrected chi connectivity index (χ0v) is 14.1. The standard InChI is InChI=1S/C18H20N2O6/c21-16(19-11-1-2-14-15(7-11)26-9-25-14)10-3-5-20(6-4-10)17(22)12-8-13(12)18(23)24/h1-2,7,10,12-13H,3-6,8-9H2,(H,19,21)(H,23,24). The summed E-state index contributed by atoms with van der Waals surface area (Å²) < 4.78 is 10.5. The highest BCUT2D eigenvalue weighted by Crippen LogP contribution is 2.40. The predicted molar refractivity (Wildman–Crippen MR) is 89.7 cm³/mol. The number of likely N-dealkylation sites (tertiary alicyclic amines) is 1. The van der Waals surface area contributed by atoms with Crippen LogP contribution in [0, 0.1) is 17.8 Å². The lowest BCUT2D eigenvalue weighted by atomic mass is 9.95. The van der Waals surface area contributed by atoms with Gasteiger partial charge >= 0.3 is 5.97 Å². The van der Waals surface area contributed by atoms with Crippen LogP contribution in [-0.4, -0.2) is 47.7 Å². The Balaban J connectivity index is 1.28. The number of nitrogens with one attached hydrogen (secondary N) is 1. The van der Waals surface area contributed by atoms with E-state index in [0.717, 1.165) is 0 Å². The molecule has 4 rings (SSSR count). The molecule has 0 radical (unpaired) electrons. The third kappa shape index (κ3) is 3.18. The molecule has 8 nitrogen and oxygen atoms in total. The first kappa shape index (κ1) is 16.7. The maximum atomic E-state index is 12.5. The molecule has 2 unspecified atom stereocenters. The minimum Gasteiger partial charge on any atom is -0.481 e. The zero-order chi connectivity index (χ0) is 18.3. The summed E-state index contributed by atoms with van der Waals surface area (Å²) >= 11 is 0. The summed E-state index contributed by atoms with van der Waals surface area (Å²) in [6.45, 7) is 1.16. The van der Waals surface area contributed by atoms with E-state index in [9.17, 15) is 14.4 Å². The van der Waals surface area contributed by atoms with Gasteiger partial charge in [0.05, 0.1) is 11.8 Å². The van der Waals surface area contributed by atoms with E-state index < -0.39 is 11.9 Å². The smallest absolute Gasteiger partial charge is 0.307 e. The Morgan fingerprint density at radius 2 is 1.81 bits per heavy atom. The molecular weight excluding hydrogens is 340 g/mol. The number of carbonyl (C=O) groups is 3. The molecule has 26 heavy (non-hydrogen) atoms. The summed E-state index contributed by atoms with van der Waals surface area (Å²) in [5, 5.41) is 11.8. The third-order valence-corrected chi connectivity index (χ3v) is 5.24. The number of carbonyl (C=O) groups excluding carboxylic acids is 2. The maximum Gasteiger partial charge on any atom is 0.307 e. The monoisotopic (exact) mass is 360 g/mol. The molecule has 1 aromatic rings. The van der Waals surface area contributed by atoms with E-state index in [-0.39, 0.29) is 30.4 Å². The van der Waals surface area contributed by atoms with Crippen LogP contribution in [0.1, 0.15) is 19.3 Å². The Hall–Kier alpha value is -2.77. The van der Waals surface area contributed by atoms with E-state index in [1.807, 2.05) is 0 Å². The number of amides is 2. The molecule has 1 saturated carbocycles. The fraction of sp³-hybridized carbons (Fsp3) is 0.500. The van der Waals surface area contributed by atoms with Gasteiger partial charge in [-0.05, 0) is 31.4 Å². The van der Waals surface area contributed by atoms with Crippen molar-refractivity contribution in [3.63, 3.8) is 0 Å².